The monoisotopic (exact) mass is 607 g/mol. The van der Waals surface area contributed by atoms with Crippen molar-refractivity contribution < 1.29 is 33.1 Å². The van der Waals surface area contributed by atoms with Crippen molar-refractivity contribution in [1.29, 1.82) is 0 Å². The first-order chi connectivity index (χ1) is 18.6. The molecule has 192 valence electrons. The summed E-state index contributed by atoms with van der Waals surface area (Å²) in [6.07, 6.45) is 21.0. The molecule has 0 saturated heterocycles. The van der Waals surface area contributed by atoms with Crippen molar-refractivity contribution in [3.8, 4) is 5.75 Å². The van der Waals surface area contributed by atoms with Crippen LogP contribution in [0, 0.1) is 0 Å². The molecule has 5 rings (SSSR count). The van der Waals surface area contributed by atoms with Crippen molar-refractivity contribution in [2.75, 3.05) is 0 Å². The molecule has 0 saturated carbocycles. The van der Waals surface area contributed by atoms with Gasteiger partial charge in [0, 0.05) is 22.5 Å². The van der Waals surface area contributed by atoms with Crippen molar-refractivity contribution in [3.63, 3.8) is 0 Å². The van der Waals surface area contributed by atoms with Crippen LogP contribution in [-0.2, 0) is 40.6 Å². The quantitative estimate of drug-likeness (QED) is 0.122. The third-order valence-corrected chi connectivity index (χ3v) is 5.13. The van der Waals surface area contributed by atoms with E-state index < -0.39 is 0 Å². The summed E-state index contributed by atoms with van der Waals surface area (Å²) in [6, 6.07) is 10.9. The molecule has 0 unspecified atom stereocenters. The van der Waals surface area contributed by atoms with E-state index in [1.807, 2.05) is 12.2 Å². The van der Waals surface area contributed by atoms with Gasteiger partial charge < -0.3 is 28.4 Å². The molecule has 0 fully saturated rings. The number of carbonyl (C=O) groups excluding carboxylic acids is 1. The molecule has 11 heteroatoms. The first-order valence-electron chi connectivity index (χ1n) is 11.0. The number of allylic oxidation sites excluding steroid dienone is 7. The van der Waals surface area contributed by atoms with Crippen LogP contribution in [-0.4, -0.2) is 22.3 Å². The molecule has 2 heterocycles. The van der Waals surface area contributed by atoms with E-state index in [4.69, 9.17) is 16.0 Å². The number of aromatic hydroxyl groups is 1. The van der Waals surface area contributed by atoms with Gasteiger partial charge in [0.05, 0.1) is 6.21 Å². The van der Waals surface area contributed by atoms with Crippen molar-refractivity contribution in [2.45, 2.75) is 0 Å². The van der Waals surface area contributed by atoms with Crippen LogP contribution < -0.4 is 21.3 Å². The summed E-state index contributed by atoms with van der Waals surface area (Å²) in [4.78, 5) is 11.4. The first kappa shape index (κ1) is 28.2. The van der Waals surface area contributed by atoms with Crippen LogP contribution in [0.3, 0.4) is 0 Å². The van der Waals surface area contributed by atoms with Crippen LogP contribution in [0.5, 0.6) is 5.75 Å². The van der Waals surface area contributed by atoms with Crippen LogP contribution in [0.1, 0.15) is 5.56 Å². The van der Waals surface area contributed by atoms with Gasteiger partial charge in [-0.2, -0.15) is 22.6 Å². The van der Waals surface area contributed by atoms with Gasteiger partial charge in [-0.1, -0.05) is 60.7 Å². The summed E-state index contributed by atoms with van der Waals surface area (Å²) in [5, 5.41) is 28.3. The standard InChI is InChI=1S/C15H14N4O2S.C12H8N2.Mo.O/c20-13-7-3-1-5-11(13)9-16-18-15(22)19-17-10-12-6-2-4-8-14(12)21;1-3-9-5-6-10-4-2-8-14-12(10)11(9)13-7-1;;/h1-10,16,21H,(H2,18,19,22);1-8H;;/q;-2;;/p-1/b11-9?,17-10+;;;. The Balaban J connectivity index is 0.000000213. The number of phenols is 1. The molecular weight excluding hydrogens is 584 g/mol. The molecule has 0 amide bonds. The number of amidine groups is 1. The number of hydrogen-bond donors (Lipinski definition) is 3. The molecule has 2 aliphatic heterocycles. The molecule has 1 aliphatic carbocycles. The number of carbonyl (C=O) groups is 1. The van der Waals surface area contributed by atoms with Gasteiger partial charge in [0.1, 0.15) is 5.75 Å². The van der Waals surface area contributed by atoms with Gasteiger partial charge in [0.15, 0.2) is 5.78 Å². The second kappa shape index (κ2) is 15.0. The minimum absolute atomic E-state index is 0.0892. The van der Waals surface area contributed by atoms with Crippen LogP contribution >= 0.6 is 0 Å². The fraction of sp³-hybridized carbons (Fsp3) is 0. The summed E-state index contributed by atoms with van der Waals surface area (Å²) in [5.41, 5.74) is 8.08. The number of phenolic OH excluding ortho intramolecular Hbond substituents is 1. The van der Waals surface area contributed by atoms with E-state index in [0.717, 1.165) is 21.8 Å². The average Bonchev–Trinajstić information content (AvgIpc) is 2.96. The number of para-hydroxylation sites is 1. The average molecular weight is 606 g/mol. The normalized spacial score (nSPS) is 15.3. The maximum atomic E-state index is 11.4. The number of fused-ring (bicyclic) bond motifs is 3. The fourth-order valence-corrected chi connectivity index (χ4v) is 3.32. The Hall–Kier alpha value is -4.40. The van der Waals surface area contributed by atoms with Gasteiger partial charge in [-0.3, -0.25) is 15.6 Å². The summed E-state index contributed by atoms with van der Waals surface area (Å²) in [5.74, 6) is 0.0102. The van der Waals surface area contributed by atoms with Crippen molar-refractivity contribution in [2.24, 2.45) is 10.2 Å². The Morgan fingerprint density at radius 3 is 2.18 bits per heavy atom. The number of nitrogens with zero attached hydrogens (tertiary/aromatic N) is 4. The maximum absolute atomic E-state index is 11.4. The number of hydrazone groups is 2. The number of nitrogens with one attached hydrogen (secondary N) is 2. The van der Waals surface area contributed by atoms with Gasteiger partial charge in [0.25, 0.3) is 0 Å². The van der Waals surface area contributed by atoms with Crippen molar-refractivity contribution >= 4 is 53.3 Å². The summed E-state index contributed by atoms with van der Waals surface area (Å²) in [7, 11) is 0. The molecule has 0 bridgehead atoms. The Kier molecular flexibility index (Phi) is 11.1. The molecule has 2 aromatic carbocycles. The third kappa shape index (κ3) is 8.06. The van der Waals surface area contributed by atoms with Crippen molar-refractivity contribution in [3.05, 3.63) is 124 Å². The van der Waals surface area contributed by atoms with Crippen LogP contribution in [0.4, 0.5) is 11.4 Å². The number of benzene rings is 2. The zero-order valence-corrected chi connectivity index (χ0v) is 22.6. The van der Waals surface area contributed by atoms with E-state index in [-0.39, 0.29) is 16.7 Å². The molecule has 38 heavy (non-hydrogen) atoms. The Morgan fingerprint density at radius 2 is 1.55 bits per heavy atom. The zero-order chi connectivity index (χ0) is 27.2. The van der Waals surface area contributed by atoms with Crippen molar-refractivity contribution in [1.82, 2.24) is 10.9 Å². The second-order valence-corrected chi connectivity index (χ2v) is 7.76. The zero-order valence-electron chi connectivity index (χ0n) is 19.8. The second-order valence-electron chi connectivity index (χ2n) is 7.37. The third-order valence-electron chi connectivity index (χ3n) is 4.95. The van der Waals surface area contributed by atoms with E-state index in [9.17, 15) is 9.90 Å². The van der Waals surface area contributed by atoms with Gasteiger partial charge >= 0.3 is 23.2 Å². The van der Waals surface area contributed by atoms with E-state index in [2.05, 4.69) is 56.0 Å². The Bertz CT molecular complexity index is 1460. The van der Waals surface area contributed by atoms with Crippen LogP contribution in [0.2, 0.25) is 0 Å². The SMILES string of the molecule is C1=C[N-]c2c3c(ccc2=C1)=CC=C[N-]3.O=C1C=CC=CC1=CN/N=C(\[S-])N/N=C/c1ccccc1O.[O]=[Mo]. The summed E-state index contributed by atoms with van der Waals surface area (Å²) >= 11 is 5.64. The number of rotatable bonds is 4. The molecule has 3 N–H and O–H groups in total. The first-order valence-corrected chi connectivity index (χ1v) is 12.3. The van der Waals surface area contributed by atoms with Gasteiger partial charge in [0.2, 0.25) is 0 Å². The molecule has 0 radical (unpaired) electrons. The van der Waals surface area contributed by atoms with Crippen LogP contribution in [0.15, 0.2) is 107 Å². The summed E-state index contributed by atoms with van der Waals surface area (Å²) < 4.78 is 8.26. The van der Waals surface area contributed by atoms with E-state index in [0.29, 0.717) is 30.9 Å². The summed E-state index contributed by atoms with van der Waals surface area (Å²) in [6.45, 7) is 0. The number of ketones is 1. The van der Waals surface area contributed by atoms with E-state index >= 15 is 0 Å². The van der Waals surface area contributed by atoms with Crippen LogP contribution in [0.25, 0.3) is 22.8 Å². The Morgan fingerprint density at radius 1 is 0.921 bits per heavy atom. The Labute approximate surface area is 236 Å². The molecular formula is C27H21MoN6O3S-3. The molecule has 0 aromatic heterocycles. The topological polar surface area (TPSA) is 131 Å². The van der Waals surface area contributed by atoms with Gasteiger partial charge in [-0.25, -0.2) is 0 Å². The predicted molar refractivity (Wildman–Crippen MR) is 148 cm³/mol. The molecule has 9 nitrogen and oxygen atoms in total. The van der Waals surface area contributed by atoms with E-state index in [1.165, 1.54) is 18.5 Å². The molecule has 3 aliphatic rings. The predicted octanol–water partition coefficient (Wildman–Crippen LogP) is 3.49. The molecule has 0 spiro atoms. The molecule has 2 aromatic rings. The van der Waals surface area contributed by atoms with Gasteiger partial charge in [-0.15, -0.1) is 11.4 Å². The number of hydrogen-bond acceptors (Lipinski definition) is 7. The molecule has 0 atom stereocenters. The fourth-order valence-electron chi connectivity index (χ4n) is 3.22. The van der Waals surface area contributed by atoms with Gasteiger partial charge in [-0.05, 0) is 34.7 Å². The van der Waals surface area contributed by atoms with E-state index in [1.54, 1.807) is 54.9 Å². The minimum atomic E-state index is -0.110.